The number of rotatable bonds is 6. The summed E-state index contributed by atoms with van der Waals surface area (Å²) in [4.78, 5) is 12.4. The predicted octanol–water partition coefficient (Wildman–Crippen LogP) is 3.49. The van der Waals surface area contributed by atoms with Crippen LogP contribution in [0.2, 0.25) is 5.02 Å². The van der Waals surface area contributed by atoms with Gasteiger partial charge in [-0.3, -0.25) is 4.79 Å². The van der Waals surface area contributed by atoms with E-state index in [9.17, 15) is 13.2 Å². The van der Waals surface area contributed by atoms with Crippen LogP contribution in [0.15, 0.2) is 47.4 Å². The quantitative estimate of drug-likeness (QED) is 0.815. The maximum absolute atomic E-state index is 12.7. The van der Waals surface area contributed by atoms with E-state index in [1.54, 1.807) is 32.0 Å². The summed E-state index contributed by atoms with van der Waals surface area (Å²) in [6, 6.07) is 12.5. The molecule has 0 aliphatic rings. The van der Waals surface area contributed by atoms with Crippen LogP contribution in [-0.2, 0) is 10.0 Å². The van der Waals surface area contributed by atoms with E-state index in [0.29, 0.717) is 24.3 Å². The Balaban J connectivity index is 2.37. The third-order valence-corrected chi connectivity index (χ3v) is 6.30. The number of sulfonamides is 1. The molecular weight excluding hydrogens is 374 g/mol. The van der Waals surface area contributed by atoms with Crippen LogP contribution >= 0.6 is 11.6 Å². The fraction of sp³-hybridized carbons (Fsp3) is 0.222. The lowest BCUT2D eigenvalue weighted by atomic mass is 10.2. The first kappa shape index (κ1) is 19.9. The smallest absolute Gasteiger partial charge is 0.255 e. The van der Waals surface area contributed by atoms with Crippen LogP contribution in [0.5, 0.6) is 0 Å². The van der Waals surface area contributed by atoms with Gasteiger partial charge >= 0.3 is 0 Å². The number of hydrogen-bond donors (Lipinski definition) is 1. The highest BCUT2D eigenvalue weighted by atomic mass is 35.5. The Morgan fingerprint density at radius 3 is 2.50 bits per heavy atom. The fourth-order valence-corrected chi connectivity index (χ4v) is 4.37. The van der Waals surface area contributed by atoms with Crippen molar-refractivity contribution >= 4 is 33.2 Å². The molecule has 0 saturated carbocycles. The molecule has 0 aliphatic carbocycles. The highest BCUT2D eigenvalue weighted by molar-refractivity contribution is 7.89. The summed E-state index contributed by atoms with van der Waals surface area (Å²) >= 11 is 6.07. The number of nitriles is 1. The van der Waals surface area contributed by atoms with Gasteiger partial charge < -0.3 is 5.32 Å². The van der Waals surface area contributed by atoms with E-state index in [-0.39, 0.29) is 15.5 Å². The summed E-state index contributed by atoms with van der Waals surface area (Å²) in [5, 5.41) is 11.6. The number of anilines is 1. The van der Waals surface area contributed by atoms with Crippen LogP contribution in [0.3, 0.4) is 0 Å². The molecule has 0 bridgehead atoms. The standard InChI is InChI=1S/C18H18ClN3O3S/c1-3-22(4-2)26(24,25)17-11-14(8-9-16(17)19)18(23)21-15-7-5-6-13(10-15)12-20/h5-11H,3-4H2,1-2H3,(H,21,23). The second kappa shape index (κ2) is 8.32. The van der Waals surface area contributed by atoms with Gasteiger partial charge in [0.05, 0.1) is 16.7 Å². The molecule has 0 atom stereocenters. The average Bonchev–Trinajstić information content (AvgIpc) is 2.62. The summed E-state index contributed by atoms with van der Waals surface area (Å²) < 4.78 is 26.7. The SMILES string of the molecule is CCN(CC)S(=O)(=O)c1cc(C(=O)Nc2cccc(C#N)c2)ccc1Cl. The van der Waals surface area contributed by atoms with Crippen LogP contribution in [0.25, 0.3) is 0 Å². The largest absolute Gasteiger partial charge is 0.322 e. The van der Waals surface area contributed by atoms with Gasteiger partial charge in [0.2, 0.25) is 10.0 Å². The van der Waals surface area contributed by atoms with Crippen molar-refractivity contribution in [2.45, 2.75) is 18.7 Å². The monoisotopic (exact) mass is 391 g/mol. The lowest BCUT2D eigenvalue weighted by Crippen LogP contribution is -2.31. The molecule has 0 unspecified atom stereocenters. The number of nitrogens with one attached hydrogen (secondary N) is 1. The number of nitrogens with zero attached hydrogens (tertiary/aromatic N) is 2. The van der Waals surface area contributed by atoms with Gasteiger partial charge in [0, 0.05) is 24.3 Å². The topological polar surface area (TPSA) is 90.3 Å². The Hall–Kier alpha value is -2.40. The number of amides is 1. The van der Waals surface area contributed by atoms with Crippen LogP contribution < -0.4 is 5.32 Å². The van der Waals surface area contributed by atoms with E-state index in [1.165, 1.54) is 28.6 Å². The van der Waals surface area contributed by atoms with E-state index in [4.69, 9.17) is 16.9 Å². The normalized spacial score (nSPS) is 11.2. The van der Waals surface area contributed by atoms with Crippen molar-refractivity contribution in [2.75, 3.05) is 18.4 Å². The Kier molecular flexibility index (Phi) is 6.37. The molecule has 1 amide bonds. The Bertz CT molecular complexity index is 964. The second-order valence-electron chi connectivity index (χ2n) is 5.38. The zero-order valence-electron chi connectivity index (χ0n) is 14.4. The van der Waals surface area contributed by atoms with Crippen molar-refractivity contribution in [2.24, 2.45) is 0 Å². The lowest BCUT2D eigenvalue weighted by Gasteiger charge is -2.19. The van der Waals surface area contributed by atoms with Crippen LogP contribution in [0.1, 0.15) is 29.8 Å². The molecule has 0 heterocycles. The van der Waals surface area contributed by atoms with Gasteiger partial charge in [0.1, 0.15) is 4.90 Å². The van der Waals surface area contributed by atoms with Gasteiger partial charge in [-0.2, -0.15) is 9.57 Å². The number of halogens is 1. The highest BCUT2D eigenvalue weighted by Crippen LogP contribution is 2.26. The molecule has 0 aromatic heterocycles. The first-order valence-corrected chi connectivity index (χ1v) is 9.76. The molecule has 0 fully saturated rings. The molecule has 8 heteroatoms. The number of carbonyl (C=O) groups is 1. The summed E-state index contributed by atoms with van der Waals surface area (Å²) in [6.45, 7) is 4.06. The average molecular weight is 392 g/mol. The molecule has 0 aliphatic heterocycles. The van der Waals surface area contributed by atoms with Crippen LogP contribution in [0, 0.1) is 11.3 Å². The summed E-state index contributed by atoms with van der Waals surface area (Å²) in [5.41, 5.74) is 1.00. The van der Waals surface area contributed by atoms with E-state index in [1.807, 2.05) is 6.07 Å². The first-order valence-electron chi connectivity index (χ1n) is 7.94. The zero-order chi connectivity index (χ0) is 19.3. The number of hydrogen-bond acceptors (Lipinski definition) is 4. The molecule has 0 radical (unpaired) electrons. The van der Waals surface area contributed by atoms with Crippen molar-refractivity contribution in [1.82, 2.24) is 4.31 Å². The maximum Gasteiger partial charge on any atom is 0.255 e. The minimum Gasteiger partial charge on any atom is -0.322 e. The van der Waals surface area contributed by atoms with Crippen molar-refractivity contribution in [3.8, 4) is 6.07 Å². The molecule has 1 N–H and O–H groups in total. The fourth-order valence-electron chi connectivity index (χ4n) is 2.41. The van der Waals surface area contributed by atoms with Crippen molar-refractivity contribution in [3.63, 3.8) is 0 Å². The first-order chi connectivity index (χ1) is 12.3. The van der Waals surface area contributed by atoms with Gasteiger partial charge in [0.15, 0.2) is 0 Å². The molecule has 0 saturated heterocycles. The Morgan fingerprint density at radius 1 is 1.19 bits per heavy atom. The molecule has 136 valence electrons. The van der Waals surface area contributed by atoms with Gasteiger partial charge in [-0.25, -0.2) is 8.42 Å². The maximum atomic E-state index is 12.7. The highest BCUT2D eigenvalue weighted by Gasteiger charge is 2.25. The molecule has 2 aromatic rings. The second-order valence-corrected chi connectivity index (χ2v) is 7.69. The minimum absolute atomic E-state index is 0.0555. The van der Waals surface area contributed by atoms with Gasteiger partial charge in [-0.05, 0) is 36.4 Å². The van der Waals surface area contributed by atoms with Gasteiger partial charge in [-0.15, -0.1) is 0 Å². The minimum atomic E-state index is -3.79. The molecular formula is C18H18ClN3O3S. The lowest BCUT2D eigenvalue weighted by molar-refractivity contribution is 0.102. The van der Waals surface area contributed by atoms with E-state index < -0.39 is 15.9 Å². The summed E-state index contributed by atoms with van der Waals surface area (Å²) in [7, 11) is -3.79. The van der Waals surface area contributed by atoms with E-state index >= 15 is 0 Å². The predicted molar refractivity (Wildman–Crippen MR) is 101 cm³/mol. The molecule has 26 heavy (non-hydrogen) atoms. The molecule has 2 aromatic carbocycles. The van der Waals surface area contributed by atoms with E-state index in [0.717, 1.165) is 0 Å². The van der Waals surface area contributed by atoms with Crippen LogP contribution in [0.4, 0.5) is 5.69 Å². The third-order valence-electron chi connectivity index (χ3n) is 3.77. The summed E-state index contributed by atoms with van der Waals surface area (Å²) in [5.74, 6) is -0.493. The Morgan fingerprint density at radius 2 is 1.88 bits per heavy atom. The zero-order valence-corrected chi connectivity index (χ0v) is 15.9. The molecule has 0 spiro atoms. The van der Waals surface area contributed by atoms with Crippen molar-refractivity contribution in [3.05, 3.63) is 58.6 Å². The van der Waals surface area contributed by atoms with Crippen molar-refractivity contribution < 1.29 is 13.2 Å². The van der Waals surface area contributed by atoms with Crippen LogP contribution in [-0.4, -0.2) is 31.7 Å². The third kappa shape index (κ3) is 4.22. The van der Waals surface area contributed by atoms with Gasteiger partial charge in [-0.1, -0.05) is 31.5 Å². The molecule has 2 rings (SSSR count). The van der Waals surface area contributed by atoms with Crippen molar-refractivity contribution in [1.29, 1.82) is 5.26 Å². The number of carbonyl (C=O) groups excluding carboxylic acids is 1. The number of benzene rings is 2. The van der Waals surface area contributed by atoms with E-state index in [2.05, 4.69) is 5.32 Å². The molecule has 6 nitrogen and oxygen atoms in total. The van der Waals surface area contributed by atoms with Gasteiger partial charge in [0.25, 0.3) is 5.91 Å². The summed E-state index contributed by atoms with van der Waals surface area (Å²) in [6.07, 6.45) is 0. The Labute approximate surface area is 158 Å².